The van der Waals surface area contributed by atoms with E-state index < -0.39 is 0 Å². The van der Waals surface area contributed by atoms with Gasteiger partial charge in [0, 0.05) is 43.7 Å². The molecular formula is C20H27N5O2. The average Bonchev–Trinajstić information content (AvgIpc) is 2.97. The van der Waals surface area contributed by atoms with Crippen molar-refractivity contribution in [2.45, 2.75) is 38.1 Å². The van der Waals surface area contributed by atoms with Gasteiger partial charge in [-0.05, 0) is 44.0 Å². The Kier molecular flexibility index (Phi) is 4.63. The maximum Gasteiger partial charge on any atom is 0.235 e. The van der Waals surface area contributed by atoms with E-state index in [-0.39, 0.29) is 17.7 Å². The molecule has 0 bridgehead atoms. The summed E-state index contributed by atoms with van der Waals surface area (Å²) in [5.74, 6) is -0.204. The first kappa shape index (κ1) is 18.0. The highest BCUT2D eigenvalue weighted by Gasteiger charge is 2.32. The first-order valence-electron chi connectivity index (χ1n) is 9.70. The topological polar surface area (TPSA) is 79.3 Å². The molecule has 1 aromatic carbocycles. The molecule has 2 saturated heterocycles. The Labute approximate surface area is 159 Å². The van der Waals surface area contributed by atoms with E-state index >= 15 is 0 Å². The van der Waals surface area contributed by atoms with Gasteiger partial charge in [0.2, 0.25) is 11.8 Å². The third-order valence-corrected chi connectivity index (χ3v) is 6.07. The van der Waals surface area contributed by atoms with Gasteiger partial charge in [0.25, 0.3) is 0 Å². The zero-order chi connectivity index (χ0) is 19.1. The van der Waals surface area contributed by atoms with Gasteiger partial charge >= 0.3 is 0 Å². The normalized spacial score (nSPS) is 26.5. The Morgan fingerprint density at radius 2 is 2.07 bits per heavy atom. The molecule has 27 heavy (non-hydrogen) atoms. The van der Waals surface area contributed by atoms with E-state index in [1.165, 1.54) is 5.69 Å². The smallest absolute Gasteiger partial charge is 0.235 e. The summed E-state index contributed by atoms with van der Waals surface area (Å²) in [7, 11) is 3.95. The van der Waals surface area contributed by atoms with E-state index in [4.69, 9.17) is 0 Å². The van der Waals surface area contributed by atoms with E-state index in [1.807, 2.05) is 18.8 Å². The van der Waals surface area contributed by atoms with E-state index in [2.05, 4.69) is 45.8 Å². The molecule has 0 radical (unpaired) electrons. The van der Waals surface area contributed by atoms with Crippen LogP contribution in [0.25, 0.3) is 10.9 Å². The Bertz CT molecular complexity index is 890. The minimum atomic E-state index is -0.358. The molecule has 1 aromatic heterocycles. The molecule has 0 aliphatic carbocycles. The predicted octanol–water partition coefficient (Wildman–Crippen LogP) is 1.53. The number of anilines is 1. The number of benzene rings is 1. The SMILES string of the molecule is CN[C@@H]1CCN(c2ccc3c(C4CCC(=O)NC4=O)nn(C)c3c2)C[C@@H]1C. The number of nitrogens with zero attached hydrogens (tertiary/aromatic N) is 3. The summed E-state index contributed by atoms with van der Waals surface area (Å²) < 4.78 is 1.85. The number of imide groups is 1. The van der Waals surface area contributed by atoms with Crippen LogP contribution in [0.4, 0.5) is 5.69 Å². The molecule has 0 spiro atoms. The minimum Gasteiger partial charge on any atom is -0.371 e. The first-order chi connectivity index (χ1) is 13.0. The lowest BCUT2D eigenvalue weighted by molar-refractivity contribution is -0.134. The molecule has 2 aliphatic rings. The monoisotopic (exact) mass is 369 g/mol. The standard InChI is InChI=1S/C20H27N5O2/c1-12-11-25(9-8-16(12)21-2)13-4-5-14-17(10-13)24(3)23-19(14)15-6-7-18(26)22-20(15)27/h4-5,10,12,15-16,21H,6-9,11H2,1-3H3,(H,22,26,27)/t12-,15?,16+/m0/s1. The Balaban J connectivity index is 1.64. The van der Waals surface area contributed by atoms with Crippen LogP contribution in [0, 0.1) is 5.92 Å². The lowest BCUT2D eigenvalue weighted by atomic mass is 9.92. The van der Waals surface area contributed by atoms with Crippen molar-refractivity contribution in [1.82, 2.24) is 20.4 Å². The summed E-state index contributed by atoms with van der Waals surface area (Å²) in [5, 5.41) is 11.5. The second kappa shape index (κ2) is 6.96. The third-order valence-electron chi connectivity index (χ3n) is 6.07. The van der Waals surface area contributed by atoms with Crippen LogP contribution >= 0.6 is 0 Å². The van der Waals surface area contributed by atoms with Gasteiger partial charge in [0.05, 0.1) is 17.1 Å². The lowest BCUT2D eigenvalue weighted by Crippen LogP contribution is -2.47. The van der Waals surface area contributed by atoms with Crippen molar-refractivity contribution in [3.8, 4) is 0 Å². The molecule has 1 unspecified atom stereocenters. The van der Waals surface area contributed by atoms with Crippen molar-refractivity contribution in [2.75, 3.05) is 25.0 Å². The predicted molar refractivity (Wildman–Crippen MR) is 105 cm³/mol. The number of nitrogens with one attached hydrogen (secondary N) is 2. The molecule has 7 nitrogen and oxygen atoms in total. The van der Waals surface area contributed by atoms with Gasteiger partial charge < -0.3 is 10.2 Å². The Morgan fingerprint density at radius 3 is 2.78 bits per heavy atom. The largest absolute Gasteiger partial charge is 0.371 e. The highest BCUT2D eigenvalue weighted by atomic mass is 16.2. The van der Waals surface area contributed by atoms with E-state index in [0.29, 0.717) is 24.8 Å². The molecule has 2 fully saturated rings. The van der Waals surface area contributed by atoms with Gasteiger partial charge in [-0.2, -0.15) is 5.10 Å². The van der Waals surface area contributed by atoms with Crippen molar-refractivity contribution in [3.63, 3.8) is 0 Å². The van der Waals surface area contributed by atoms with Crippen molar-refractivity contribution >= 4 is 28.4 Å². The van der Waals surface area contributed by atoms with Crippen molar-refractivity contribution in [3.05, 3.63) is 23.9 Å². The Morgan fingerprint density at radius 1 is 1.26 bits per heavy atom. The van der Waals surface area contributed by atoms with Crippen LogP contribution in [0.15, 0.2) is 18.2 Å². The number of hydrogen-bond acceptors (Lipinski definition) is 5. The van der Waals surface area contributed by atoms with Gasteiger partial charge in [-0.15, -0.1) is 0 Å². The van der Waals surface area contributed by atoms with Gasteiger partial charge in [-0.25, -0.2) is 0 Å². The number of fused-ring (bicyclic) bond motifs is 1. The fraction of sp³-hybridized carbons (Fsp3) is 0.550. The molecule has 2 N–H and O–H groups in total. The van der Waals surface area contributed by atoms with Crippen molar-refractivity contribution in [1.29, 1.82) is 0 Å². The molecule has 2 aliphatic heterocycles. The van der Waals surface area contributed by atoms with Crippen molar-refractivity contribution in [2.24, 2.45) is 13.0 Å². The summed E-state index contributed by atoms with van der Waals surface area (Å²) in [4.78, 5) is 26.1. The number of aryl methyl sites for hydroxylation is 1. The zero-order valence-corrected chi connectivity index (χ0v) is 16.2. The zero-order valence-electron chi connectivity index (χ0n) is 16.2. The van der Waals surface area contributed by atoms with E-state index in [1.54, 1.807) is 0 Å². The molecule has 2 aromatic rings. The summed E-state index contributed by atoms with van der Waals surface area (Å²) in [6.07, 6.45) is 2.01. The number of amides is 2. The average molecular weight is 369 g/mol. The quantitative estimate of drug-likeness (QED) is 0.802. The van der Waals surface area contributed by atoms with Crippen LogP contribution in [0.3, 0.4) is 0 Å². The van der Waals surface area contributed by atoms with Crippen molar-refractivity contribution < 1.29 is 9.59 Å². The third kappa shape index (κ3) is 3.20. The highest BCUT2D eigenvalue weighted by molar-refractivity contribution is 6.02. The molecule has 4 rings (SSSR count). The molecule has 0 saturated carbocycles. The maximum atomic E-state index is 12.3. The molecule has 144 valence electrons. The maximum absolute atomic E-state index is 12.3. The first-order valence-corrected chi connectivity index (χ1v) is 9.70. The lowest BCUT2D eigenvalue weighted by Gasteiger charge is -2.38. The summed E-state index contributed by atoms with van der Waals surface area (Å²) in [6, 6.07) is 6.95. The molecule has 3 heterocycles. The second-order valence-corrected chi connectivity index (χ2v) is 7.82. The van der Waals surface area contributed by atoms with Crippen LogP contribution in [-0.4, -0.2) is 47.8 Å². The summed E-state index contributed by atoms with van der Waals surface area (Å²) in [6.45, 7) is 4.34. The minimum absolute atomic E-state index is 0.196. The second-order valence-electron chi connectivity index (χ2n) is 7.82. The fourth-order valence-corrected chi connectivity index (χ4v) is 4.49. The van der Waals surface area contributed by atoms with Crippen LogP contribution in [0.1, 0.15) is 37.8 Å². The van der Waals surface area contributed by atoms with Gasteiger partial charge in [0.1, 0.15) is 0 Å². The Hall–Kier alpha value is -2.41. The number of piperidine rings is 2. The van der Waals surface area contributed by atoms with Gasteiger partial charge in [-0.1, -0.05) is 6.92 Å². The number of carbonyl (C=O) groups is 2. The molecule has 3 atom stereocenters. The van der Waals surface area contributed by atoms with Crippen LogP contribution in [-0.2, 0) is 16.6 Å². The van der Waals surface area contributed by atoms with E-state index in [9.17, 15) is 9.59 Å². The molecule has 2 amide bonds. The molecular weight excluding hydrogens is 342 g/mol. The number of hydrogen-bond donors (Lipinski definition) is 2. The van der Waals surface area contributed by atoms with Crippen LogP contribution in [0.5, 0.6) is 0 Å². The number of carbonyl (C=O) groups excluding carboxylic acids is 2. The van der Waals surface area contributed by atoms with Crippen LogP contribution < -0.4 is 15.5 Å². The highest BCUT2D eigenvalue weighted by Crippen LogP contribution is 2.33. The summed E-state index contributed by atoms with van der Waals surface area (Å²) in [5.41, 5.74) is 2.99. The van der Waals surface area contributed by atoms with E-state index in [0.717, 1.165) is 36.1 Å². The van der Waals surface area contributed by atoms with Crippen LogP contribution in [0.2, 0.25) is 0 Å². The van der Waals surface area contributed by atoms with Gasteiger partial charge in [0.15, 0.2) is 0 Å². The fourth-order valence-electron chi connectivity index (χ4n) is 4.49. The number of rotatable bonds is 3. The molecule has 7 heteroatoms. The summed E-state index contributed by atoms with van der Waals surface area (Å²) >= 11 is 0. The number of aromatic nitrogens is 2. The van der Waals surface area contributed by atoms with Gasteiger partial charge in [-0.3, -0.25) is 19.6 Å².